The third kappa shape index (κ3) is 2.86. The molecular formula is C11H17NO. The molecule has 72 valence electrons. The Morgan fingerprint density at radius 3 is 2.85 bits per heavy atom. The van der Waals surface area contributed by atoms with Crippen LogP contribution in [0.25, 0.3) is 0 Å². The van der Waals surface area contributed by atoms with E-state index >= 15 is 0 Å². The lowest BCUT2D eigenvalue weighted by Gasteiger charge is -2.29. The summed E-state index contributed by atoms with van der Waals surface area (Å²) in [6.07, 6.45) is 9.68. The van der Waals surface area contributed by atoms with Crippen molar-refractivity contribution in [1.29, 1.82) is 0 Å². The summed E-state index contributed by atoms with van der Waals surface area (Å²) in [5.74, 6) is 3.05. The molecule has 0 radical (unpaired) electrons. The fourth-order valence-electron chi connectivity index (χ4n) is 2.05. The first kappa shape index (κ1) is 10.3. The van der Waals surface area contributed by atoms with Crippen LogP contribution in [0.3, 0.4) is 0 Å². The molecule has 0 amide bonds. The highest BCUT2D eigenvalue weighted by Gasteiger charge is 2.27. The normalized spacial score (nSPS) is 28.0. The number of hydrogen-bond acceptors (Lipinski definition) is 2. The Bertz CT molecular complexity index is 217. The van der Waals surface area contributed by atoms with Crippen molar-refractivity contribution in [3.8, 4) is 12.3 Å². The first-order valence-corrected chi connectivity index (χ1v) is 4.93. The summed E-state index contributed by atoms with van der Waals surface area (Å²) in [5.41, 5.74) is 0. The van der Waals surface area contributed by atoms with Crippen LogP contribution in [0.4, 0.5) is 0 Å². The molecule has 1 fully saturated rings. The van der Waals surface area contributed by atoms with Gasteiger partial charge < -0.3 is 5.32 Å². The van der Waals surface area contributed by atoms with E-state index in [2.05, 4.69) is 11.2 Å². The van der Waals surface area contributed by atoms with E-state index in [1.807, 2.05) is 0 Å². The van der Waals surface area contributed by atoms with Gasteiger partial charge in [-0.1, -0.05) is 18.8 Å². The van der Waals surface area contributed by atoms with Crippen LogP contribution in [0.1, 0.15) is 32.6 Å². The highest BCUT2D eigenvalue weighted by molar-refractivity contribution is 5.79. The van der Waals surface area contributed by atoms with Gasteiger partial charge in [0.25, 0.3) is 0 Å². The lowest BCUT2D eigenvalue weighted by atomic mass is 9.82. The zero-order valence-electron chi connectivity index (χ0n) is 8.18. The number of carbonyl (C=O) groups is 1. The molecule has 2 heteroatoms. The number of rotatable bonds is 3. The topological polar surface area (TPSA) is 29.1 Å². The van der Waals surface area contributed by atoms with E-state index in [9.17, 15) is 4.79 Å². The molecule has 0 unspecified atom stereocenters. The predicted molar refractivity (Wildman–Crippen MR) is 53.3 cm³/mol. The molecule has 0 aliphatic heterocycles. The van der Waals surface area contributed by atoms with E-state index in [1.165, 1.54) is 12.8 Å². The van der Waals surface area contributed by atoms with Crippen molar-refractivity contribution in [2.45, 2.75) is 38.6 Å². The summed E-state index contributed by atoms with van der Waals surface area (Å²) >= 11 is 0. The van der Waals surface area contributed by atoms with Crippen LogP contribution in [0.15, 0.2) is 0 Å². The molecule has 0 aromatic carbocycles. The number of hydrogen-bond donors (Lipinski definition) is 1. The van der Waals surface area contributed by atoms with Crippen molar-refractivity contribution in [2.24, 2.45) is 5.92 Å². The average molecular weight is 179 g/mol. The zero-order chi connectivity index (χ0) is 9.68. The molecule has 2 atom stereocenters. The van der Waals surface area contributed by atoms with Gasteiger partial charge in [-0.25, -0.2) is 0 Å². The number of terminal acetylenes is 1. The minimum atomic E-state index is 0.196. The van der Waals surface area contributed by atoms with E-state index in [0.29, 0.717) is 18.4 Å². The van der Waals surface area contributed by atoms with Crippen molar-refractivity contribution in [2.75, 3.05) is 6.54 Å². The van der Waals surface area contributed by atoms with Crippen LogP contribution >= 0.6 is 0 Å². The second-order valence-corrected chi connectivity index (χ2v) is 3.69. The molecule has 13 heavy (non-hydrogen) atoms. The summed E-state index contributed by atoms with van der Waals surface area (Å²) in [7, 11) is 0. The molecule has 0 bridgehead atoms. The Morgan fingerprint density at radius 2 is 2.23 bits per heavy atom. The fourth-order valence-corrected chi connectivity index (χ4v) is 2.05. The Hall–Kier alpha value is -0.810. The molecule has 0 saturated heterocycles. The van der Waals surface area contributed by atoms with Gasteiger partial charge in [0.15, 0.2) is 0 Å². The van der Waals surface area contributed by atoms with Crippen molar-refractivity contribution < 1.29 is 4.79 Å². The van der Waals surface area contributed by atoms with Gasteiger partial charge in [0.2, 0.25) is 0 Å². The minimum Gasteiger partial charge on any atom is -0.303 e. The molecule has 0 spiro atoms. The molecule has 1 saturated carbocycles. The van der Waals surface area contributed by atoms with Gasteiger partial charge in [0, 0.05) is 12.0 Å². The quantitative estimate of drug-likeness (QED) is 0.663. The summed E-state index contributed by atoms with van der Waals surface area (Å²) in [5, 5.41) is 3.25. The highest BCUT2D eigenvalue weighted by atomic mass is 16.1. The highest BCUT2D eigenvalue weighted by Crippen LogP contribution is 2.24. The smallest absolute Gasteiger partial charge is 0.134 e. The third-order valence-corrected chi connectivity index (χ3v) is 2.75. The van der Waals surface area contributed by atoms with Gasteiger partial charge in [0.1, 0.15) is 5.78 Å². The second-order valence-electron chi connectivity index (χ2n) is 3.69. The first-order chi connectivity index (χ1) is 6.25. The summed E-state index contributed by atoms with van der Waals surface area (Å²) in [6.45, 7) is 2.26. The molecular weight excluding hydrogens is 162 g/mol. The van der Waals surface area contributed by atoms with E-state index in [-0.39, 0.29) is 5.92 Å². The Balaban J connectivity index is 2.47. The van der Waals surface area contributed by atoms with Crippen molar-refractivity contribution in [3.63, 3.8) is 0 Å². The Labute approximate surface area is 80.1 Å². The van der Waals surface area contributed by atoms with Crippen LogP contribution in [0.2, 0.25) is 0 Å². The van der Waals surface area contributed by atoms with Crippen LogP contribution in [-0.4, -0.2) is 18.4 Å². The molecule has 0 heterocycles. The number of Topliss-reactive ketones (excluding diaryl/α,β-unsaturated/α-hetero) is 1. The lowest BCUT2D eigenvalue weighted by Crippen LogP contribution is -2.41. The lowest BCUT2D eigenvalue weighted by molar-refractivity contribution is -0.122. The monoisotopic (exact) mass is 179 g/mol. The number of ketones is 1. The van der Waals surface area contributed by atoms with Gasteiger partial charge >= 0.3 is 0 Å². The average Bonchev–Trinajstić information content (AvgIpc) is 2.15. The van der Waals surface area contributed by atoms with Crippen molar-refractivity contribution >= 4 is 5.78 Å². The second kappa shape index (κ2) is 5.04. The Morgan fingerprint density at radius 1 is 1.54 bits per heavy atom. The zero-order valence-corrected chi connectivity index (χ0v) is 8.18. The summed E-state index contributed by atoms with van der Waals surface area (Å²) in [4.78, 5) is 11.3. The van der Waals surface area contributed by atoms with E-state index in [0.717, 1.165) is 12.8 Å². The fraction of sp³-hybridized carbons (Fsp3) is 0.727. The van der Waals surface area contributed by atoms with Gasteiger partial charge in [-0.15, -0.1) is 6.42 Å². The third-order valence-electron chi connectivity index (χ3n) is 2.75. The van der Waals surface area contributed by atoms with Gasteiger partial charge in [0.05, 0.1) is 6.54 Å². The van der Waals surface area contributed by atoms with Crippen LogP contribution < -0.4 is 5.32 Å². The minimum absolute atomic E-state index is 0.196. The SMILES string of the molecule is C#CCN[C@H]1CCCC[C@@H]1C(C)=O. The van der Waals surface area contributed by atoms with E-state index in [4.69, 9.17) is 6.42 Å². The summed E-state index contributed by atoms with van der Waals surface area (Å²) < 4.78 is 0. The maximum Gasteiger partial charge on any atom is 0.134 e. The van der Waals surface area contributed by atoms with Gasteiger partial charge in [-0.2, -0.15) is 0 Å². The molecule has 1 aliphatic carbocycles. The van der Waals surface area contributed by atoms with Crippen molar-refractivity contribution in [1.82, 2.24) is 5.32 Å². The van der Waals surface area contributed by atoms with Crippen molar-refractivity contribution in [3.05, 3.63) is 0 Å². The van der Waals surface area contributed by atoms with Crippen LogP contribution in [-0.2, 0) is 4.79 Å². The predicted octanol–water partition coefficient (Wildman–Crippen LogP) is 1.36. The van der Waals surface area contributed by atoms with Gasteiger partial charge in [-0.05, 0) is 19.8 Å². The van der Waals surface area contributed by atoms with E-state index < -0.39 is 0 Å². The standard InChI is InChI=1S/C11H17NO/c1-3-8-12-11-7-5-4-6-10(11)9(2)13/h1,10-12H,4-8H2,2H3/t10-,11+/m1/s1. The molecule has 1 aliphatic rings. The van der Waals surface area contributed by atoms with Crippen LogP contribution in [0, 0.1) is 18.3 Å². The number of carbonyl (C=O) groups excluding carboxylic acids is 1. The largest absolute Gasteiger partial charge is 0.303 e. The maximum absolute atomic E-state index is 11.3. The van der Waals surface area contributed by atoms with E-state index in [1.54, 1.807) is 6.92 Å². The van der Waals surface area contributed by atoms with Crippen LogP contribution in [0.5, 0.6) is 0 Å². The first-order valence-electron chi connectivity index (χ1n) is 4.93. The molecule has 0 aromatic heterocycles. The van der Waals surface area contributed by atoms with Gasteiger partial charge in [-0.3, -0.25) is 4.79 Å². The maximum atomic E-state index is 11.3. The molecule has 2 nitrogen and oxygen atoms in total. The number of nitrogens with one attached hydrogen (secondary N) is 1. The summed E-state index contributed by atoms with van der Waals surface area (Å²) in [6, 6.07) is 0.322. The molecule has 1 N–H and O–H groups in total. The Kier molecular flexibility index (Phi) is 3.98. The molecule has 1 rings (SSSR count). The molecule has 0 aromatic rings.